The zero-order chi connectivity index (χ0) is 13.0. The monoisotopic (exact) mass is 230 g/mol. The molecule has 0 amide bonds. The van der Waals surface area contributed by atoms with Gasteiger partial charge in [-0.1, -0.05) is 41.5 Å². The first-order valence-corrected chi connectivity index (χ1v) is 6.37. The second-order valence-corrected chi connectivity index (χ2v) is 6.48. The predicted molar refractivity (Wildman–Crippen MR) is 69.7 cm³/mol. The number of rotatable bonds is 5. The smallest absolute Gasteiger partial charge is 0.0889 e. The van der Waals surface area contributed by atoms with E-state index in [-0.39, 0.29) is 23.0 Å². The first-order valence-electron chi connectivity index (χ1n) is 6.37. The minimum atomic E-state index is 0.100. The molecule has 0 bridgehead atoms. The quantitative estimate of drug-likeness (QED) is 0.713. The summed E-state index contributed by atoms with van der Waals surface area (Å²) in [5, 5.41) is 0. The van der Waals surface area contributed by atoms with Gasteiger partial charge in [-0.15, -0.1) is 0 Å². The van der Waals surface area contributed by atoms with E-state index in [0.717, 1.165) is 13.2 Å². The van der Waals surface area contributed by atoms with Crippen LogP contribution in [0.1, 0.15) is 55.4 Å². The van der Waals surface area contributed by atoms with Crippen LogP contribution in [0.4, 0.5) is 0 Å². The van der Waals surface area contributed by atoms with Crippen molar-refractivity contribution in [2.45, 2.75) is 67.6 Å². The summed E-state index contributed by atoms with van der Waals surface area (Å²) in [6.45, 7) is 18.8. The van der Waals surface area contributed by atoms with Gasteiger partial charge in [0, 0.05) is 13.2 Å². The van der Waals surface area contributed by atoms with Gasteiger partial charge < -0.3 is 9.47 Å². The van der Waals surface area contributed by atoms with Crippen LogP contribution >= 0.6 is 0 Å². The highest BCUT2D eigenvalue weighted by molar-refractivity contribution is 4.89. The van der Waals surface area contributed by atoms with Gasteiger partial charge in [0.1, 0.15) is 0 Å². The molecule has 0 aliphatic heterocycles. The molecule has 2 unspecified atom stereocenters. The molecule has 0 aromatic carbocycles. The van der Waals surface area contributed by atoms with Crippen molar-refractivity contribution in [1.82, 2.24) is 0 Å². The second kappa shape index (κ2) is 6.02. The molecule has 0 radical (unpaired) electrons. The molecule has 0 aromatic heterocycles. The minimum absolute atomic E-state index is 0.100. The molecule has 0 N–H and O–H groups in total. The fraction of sp³-hybridized carbons (Fsp3) is 1.00. The predicted octanol–water partition coefficient (Wildman–Crippen LogP) is 3.89. The Balaban J connectivity index is 4.95. The maximum absolute atomic E-state index is 5.92. The molecule has 0 rings (SSSR count). The lowest BCUT2D eigenvalue weighted by atomic mass is 9.76. The van der Waals surface area contributed by atoms with E-state index in [4.69, 9.17) is 9.47 Å². The van der Waals surface area contributed by atoms with Crippen LogP contribution in [0.15, 0.2) is 0 Å². The van der Waals surface area contributed by atoms with E-state index >= 15 is 0 Å². The standard InChI is InChI=1S/C14H30O2/c1-9-15-11(13(3,4)5)12(16-10-2)14(6,7)8/h11-12H,9-10H2,1-8H3. The number of hydrogen-bond acceptors (Lipinski definition) is 2. The Hall–Kier alpha value is -0.0800. The average molecular weight is 230 g/mol. The van der Waals surface area contributed by atoms with Gasteiger partial charge in [-0.2, -0.15) is 0 Å². The molecule has 2 heteroatoms. The van der Waals surface area contributed by atoms with E-state index in [1.54, 1.807) is 0 Å². The first-order chi connectivity index (χ1) is 7.14. The van der Waals surface area contributed by atoms with Crippen molar-refractivity contribution in [3.63, 3.8) is 0 Å². The van der Waals surface area contributed by atoms with Crippen LogP contribution < -0.4 is 0 Å². The molecule has 0 aliphatic rings. The summed E-state index contributed by atoms with van der Waals surface area (Å²) in [7, 11) is 0. The lowest BCUT2D eigenvalue weighted by Gasteiger charge is -2.42. The summed E-state index contributed by atoms with van der Waals surface area (Å²) in [6, 6.07) is 0. The molecule has 0 aromatic rings. The van der Waals surface area contributed by atoms with Crippen LogP contribution in [0.2, 0.25) is 0 Å². The van der Waals surface area contributed by atoms with E-state index in [9.17, 15) is 0 Å². The summed E-state index contributed by atoms with van der Waals surface area (Å²) >= 11 is 0. The topological polar surface area (TPSA) is 18.5 Å². The fourth-order valence-corrected chi connectivity index (χ4v) is 1.94. The van der Waals surface area contributed by atoms with Gasteiger partial charge in [0.15, 0.2) is 0 Å². The summed E-state index contributed by atoms with van der Waals surface area (Å²) < 4.78 is 11.8. The molecule has 2 nitrogen and oxygen atoms in total. The van der Waals surface area contributed by atoms with Gasteiger partial charge in [0.05, 0.1) is 12.2 Å². The average Bonchev–Trinajstić information content (AvgIpc) is 2.07. The van der Waals surface area contributed by atoms with Crippen molar-refractivity contribution in [1.29, 1.82) is 0 Å². The van der Waals surface area contributed by atoms with Gasteiger partial charge in [-0.05, 0) is 24.7 Å². The van der Waals surface area contributed by atoms with Gasteiger partial charge in [0.2, 0.25) is 0 Å². The van der Waals surface area contributed by atoms with Crippen molar-refractivity contribution in [2.75, 3.05) is 13.2 Å². The lowest BCUT2D eigenvalue weighted by molar-refractivity contribution is -0.149. The Bertz CT molecular complexity index is 164. The van der Waals surface area contributed by atoms with Crippen molar-refractivity contribution in [3.8, 4) is 0 Å². The van der Waals surface area contributed by atoms with Gasteiger partial charge >= 0.3 is 0 Å². The van der Waals surface area contributed by atoms with Crippen LogP contribution in [0, 0.1) is 10.8 Å². The Morgan fingerprint density at radius 3 is 1.06 bits per heavy atom. The van der Waals surface area contributed by atoms with Crippen LogP contribution in [0.5, 0.6) is 0 Å². The highest BCUT2D eigenvalue weighted by Gasteiger charge is 2.40. The number of hydrogen-bond donors (Lipinski definition) is 0. The van der Waals surface area contributed by atoms with Gasteiger partial charge in [-0.25, -0.2) is 0 Å². The Morgan fingerprint density at radius 1 is 0.688 bits per heavy atom. The summed E-state index contributed by atoms with van der Waals surface area (Å²) in [6.07, 6.45) is 0.273. The zero-order valence-electron chi connectivity index (χ0n) is 12.4. The third kappa shape index (κ3) is 4.84. The molecule has 98 valence electrons. The second-order valence-electron chi connectivity index (χ2n) is 6.48. The summed E-state index contributed by atoms with van der Waals surface area (Å²) in [4.78, 5) is 0. The van der Waals surface area contributed by atoms with Gasteiger partial charge in [-0.3, -0.25) is 0 Å². The Labute approximate surface area is 102 Å². The highest BCUT2D eigenvalue weighted by Crippen LogP contribution is 2.35. The fourth-order valence-electron chi connectivity index (χ4n) is 1.94. The maximum atomic E-state index is 5.92. The van der Waals surface area contributed by atoms with E-state index in [1.165, 1.54) is 0 Å². The first kappa shape index (κ1) is 15.9. The molecular formula is C14H30O2. The molecule has 2 atom stereocenters. The normalized spacial score (nSPS) is 17.2. The molecular weight excluding hydrogens is 200 g/mol. The van der Waals surface area contributed by atoms with Crippen LogP contribution in [0.3, 0.4) is 0 Å². The third-order valence-electron chi connectivity index (χ3n) is 2.67. The van der Waals surface area contributed by atoms with Crippen molar-refractivity contribution in [3.05, 3.63) is 0 Å². The molecule has 0 spiro atoms. The van der Waals surface area contributed by atoms with Crippen molar-refractivity contribution in [2.24, 2.45) is 10.8 Å². The van der Waals surface area contributed by atoms with Crippen molar-refractivity contribution >= 4 is 0 Å². The SMILES string of the molecule is CCOC(C(OCC)C(C)(C)C)C(C)(C)C. The molecule has 0 heterocycles. The van der Waals surface area contributed by atoms with Crippen LogP contribution in [-0.4, -0.2) is 25.4 Å². The Morgan fingerprint density at radius 2 is 0.938 bits per heavy atom. The molecule has 0 aliphatic carbocycles. The third-order valence-corrected chi connectivity index (χ3v) is 2.67. The summed E-state index contributed by atoms with van der Waals surface area (Å²) in [5.74, 6) is 0. The zero-order valence-corrected chi connectivity index (χ0v) is 12.4. The molecule has 0 saturated carbocycles. The number of ether oxygens (including phenoxy) is 2. The largest absolute Gasteiger partial charge is 0.375 e. The van der Waals surface area contributed by atoms with E-state index in [0.29, 0.717) is 0 Å². The van der Waals surface area contributed by atoms with Crippen LogP contribution in [0.25, 0.3) is 0 Å². The highest BCUT2D eigenvalue weighted by atomic mass is 16.5. The van der Waals surface area contributed by atoms with Crippen LogP contribution in [-0.2, 0) is 9.47 Å². The van der Waals surface area contributed by atoms with Crippen molar-refractivity contribution < 1.29 is 9.47 Å². The summed E-state index contributed by atoms with van der Waals surface area (Å²) in [5.41, 5.74) is 0.201. The lowest BCUT2D eigenvalue weighted by Crippen LogP contribution is -2.48. The Kier molecular flexibility index (Phi) is 5.99. The van der Waals surface area contributed by atoms with E-state index in [1.807, 2.05) is 13.8 Å². The molecule has 0 fully saturated rings. The minimum Gasteiger partial charge on any atom is -0.375 e. The molecule has 0 saturated heterocycles. The maximum Gasteiger partial charge on any atom is 0.0889 e. The van der Waals surface area contributed by atoms with Gasteiger partial charge in [0.25, 0.3) is 0 Å². The van der Waals surface area contributed by atoms with E-state index < -0.39 is 0 Å². The molecule has 16 heavy (non-hydrogen) atoms. The van der Waals surface area contributed by atoms with E-state index in [2.05, 4.69) is 41.5 Å².